The molecule has 0 aliphatic carbocycles. The van der Waals surface area contributed by atoms with Gasteiger partial charge in [-0.05, 0) is 5.92 Å². The number of Topliss-reactive ketones (excluding diaryl/α,β-unsaturated/α-hetero) is 1. The van der Waals surface area contributed by atoms with Gasteiger partial charge in [0.1, 0.15) is 0 Å². The number of methoxy groups -OCH3 is 1. The molecule has 0 unspecified atom stereocenters. The lowest BCUT2D eigenvalue weighted by Gasteiger charge is -1.77. The van der Waals surface area contributed by atoms with Gasteiger partial charge < -0.3 is 4.74 Å². The standard InChI is InChI=1S/C7H8O2/c1-7(8)5-3-4-6-9-2/h4,6H,1-2H3/b6-4-. The van der Waals surface area contributed by atoms with Crippen molar-refractivity contribution in [3.8, 4) is 11.8 Å². The highest BCUT2D eigenvalue weighted by Gasteiger charge is 1.74. The minimum atomic E-state index is -0.143. The van der Waals surface area contributed by atoms with Crippen molar-refractivity contribution in [3.05, 3.63) is 12.3 Å². The van der Waals surface area contributed by atoms with Gasteiger partial charge in [-0.15, -0.1) is 0 Å². The average molecular weight is 124 g/mol. The molecule has 0 aromatic heterocycles. The van der Waals surface area contributed by atoms with Crippen LogP contribution in [0.15, 0.2) is 12.3 Å². The van der Waals surface area contributed by atoms with Crippen LogP contribution in [0.25, 0.3) is 0 Å². The summed E-state index contributed by atoms with van der Waals surface area (Å²) in [5, 5.41) is 0. The maximum atomic E-state index is 10.2. The summed E-state index contributed by atoms with van der Waals surface area (Å²) in [4.78, 5) is 10.2. The van der Waals surface area contributed by atoms with Gasteiger partial charge in [-0.1, -0.05) is 5.92 Å². The maximum Gasteiger partial charge on any atom is 0.202 e. The molecule has 0 saturated heterocycles. The van der Waals surface area contributed by atoms with Crippen LogP contribution in [0.1, 0.15) is 6.92 Å². The van der Waals surface area contributed by atoms with Crippen molar-refractivity contribution >= 4 is 5.78 Å². The Balaban J connectivity index is 3.62. The summed E-state index contributed by atoms with van der Waals surface area (Å²) >= 11 is 0. The molecule has 0 fully saturated rings. The highest BCUT2D eigenvalue weighted by atomic mass is 16.5. The number of carbonyl (C=O) groups is 1. The van der Waals surface area contributed by atoms with Crippen LogP contribution in [-0.4, -0.2) is 12.9 Å². The summed E-state index contributed by atoms with van der Waals surface area (Å²) in [6.45, 7) is 1.41. The Morgan fingerprint density at radius 2 is 2.33 bits per heavy atom. The molecule has 0 aromatic rings. The van der Waals surface area contributed by atoms with Crippen LogP contribution in [0.3, 0.4) is 0 Å². The van der Waals surface area contributed by atoms with E-state index in [-0.39, 0.29) is 5.78 Å². The van der Waals surface area contributed by atoms with E-state index in [9.17, 15) is 4.79 Å². The fraction of sp³-hybridized carbons (Fsp3) is 0.286. The predicted molar refractivity (Wildman–Crippen MR) is 34.6 cm³/mol. The van der Waals surface area contributed by atoms with Gasteiger partial charge in [-0.25, -0.2) is 0 Å². The van der Waals surface area contributed by atoms with Gasteiger partial charge in [-0.3, -0.25) is 4.79 Å². The average Bonchev–Trinajstić information content (AvgIpc) is 1.80. The highest BCUT2D eigenvalue weighted by Crippen LogP contribution is 1.69. The number of rotatable bonds is 1. The van der Waals surface area contributed by atoms with Gasteiger partial charge in [0.25, 0.3) is 0 Å². The summed E-state index contributed by atoms with van der Waals surface area (Å²) in [6.07, 6.45) is 2.89. The van der Waals surface area contributed by atoms with E-state index in [4.69, 9.17) is 0 Å². The zero-order valence-corrected chi connectivity index (χ0v) is 5.47. The van der Waals surface area contributed by atoms with Crippen LogP contribution < -0.4 is 0 Å². The molecular weight excluding hydrogens is 116 g/mol. The number of allylic oxidation sites excluding steroid dienone is 1. The molecule has 0 aliphatic heterocycles. The summed E-state index contributed by atoms with van der Waals surface area (Å²) in [7, 11) is 1.52. The summed E-state index contributed by atoms with van der Waals surface area (Å²) in [5.74, 6) is 4.66. The highest BCUT2D eigenvalue weighted by molar-refractivity contribution is 5.93. The minimum absolute atomic E-state index is 0.143. The van der Waals surface area contributed by atoms with Crippen molar-refractivity contribution < 1.29 is 9.53 Å². The molecule has 0 N–H and O–H groups in total. The van der Waals surface area contributed by atoms with Crippen LogP contribution in [-0.2, 0) is 9.53 Å². The third-order valence-corrected chi connectivity index (χ3v) is 0.536. The molecule has 0 radical (unpaired) electrons. The lowest BCUT2D eigenvalue weighted by atomic mass is 10.4. The zero-order chi connectivity index (χ0) is 7.11. The fourth-order valence-corrected chi connectivity index (χ4v) is 0.245. The Kier molecular flexibility index (Phi) is 4.25. The minimum Gasteiger partial charge on any atom is -0.504 e. The summed E-state index contributed by atoms with van der Waals surface area (Å²) in [6, 6.07) is 0. The Bertz CT molecular complexity index is 169. The first-order valence-corrected chi connectivity index (χ1v) is 2.47. The number of carbonyl (C=O) groups excluding carboxylic acids is 1. The van der Waals surface area contributed by atoms with E-state index in [0.717, 1.165) is 0 Å². The lowest BCUT2D eigenvalue weighted by molar-refractivity contribution is -0.111. The molecule has 9 heavy (non-hydrogen) atoms. The second-order valence-electron chi connectivity index (χ2n) is 1.36. The molecule has 0 rings (SSSR count). The molecule has 0 aromatic carbocycles. The van der Waals surface area contributed by atoms with E-state index in [1.54, 1.807) is 0 Å². The van der Waals surface area contributed by atoms with E-state index < -0.39 is 0 Å². The second-order valence-corrected chi connectivity index (χ2v) is 1.36. The van der Waals surface area contributed by atoms with Gasteiger partial charge in [0.05, 0.1) is 13.4 Å². The topological polar surface area (TPSA) is 26.3 Å². The molecular formula is C7H8O2. The number of hydrogen-bond acceptors (Lipinski definition) is 2. The van der Waals surface area contributed by atoms with E-state index in [0.29, 0.717) is 0 Å². The smallest absolute Gasteiger partial charge is 0.202 e. The quantitative estimate of drug-likeness (QED) is 0.293. The van der Waals surface area contributed by atoms with Crippen molar-refractivity contribution in [3.63, 3.8) is 0 Å². The van der Waals surface area contributed by atoms with Crippen molar-refractivity contribution in [2.24, 2.45) is 0 Å². The number of ketones is 1. The first-order chi connectivity index (χ1) is 4.27. The molecule has 2 nitrogen and oxygen atoms in total. The molecule has 0 bridgehead atoms. The normalized spacial score (nSPS) is 8.22. The van der Waals surface area contributed by atoms with Crippen LogP contribution >= 0.6 is 0 Å². The van der Waals surface area contributed by atoms with Crippen molar-refractivity contribution in [2.45, 2.75) is 6.92 Å². The summed E-state index contributed by atoms with van der Waals surface area (Å²) in [5.41, 5.74) is 0. The van der Waals surface area contributed by atoms with Crippen LogP contribution in [0, 0.1) is 11.8 Å². The molecule has 0 atom stereocenters. The molecule has 0 aliphatic rings. The Morgan fingerprint density at radius 3 is 2.78 bits per heavy atom. The molecule has 48 valence electrons. The van der Waals surface area contributed by atoms with Crippen LogP contribution in [0.4, 0.5) is 0 Å². The van der Waals surface area contributed by atoms with Gasteiger partial charge in [-0.2, -0.15) is 0 Å². The third kappa shape index (κ3) is 6.77. The fourth-order valence-electron chi connectivity index (χ4n) is 0.245. The summed E-state index contributed by atoms with van der Waals surface area (Å²) < 4.78 is 4.53. The van der Waals surface area contributed by atoms with E-state index in [2.05, 4.69) is 16.6 Å². The van der Waals surface area contributed by atoms with Crippen molar-refractivity contribution in [1.29, 1.82) is 0 Å². The SMILES string of the molecule is CO/C=C\C#CC(C)=O. The maximum absolute atomic E-state index is 10.2. The van der Waals surface area contributed by atoms with E-state index in [1.165, 1.54) is 26.4 Å². The molecule has 0 amide bonds. The van der Waals surface area contributed by atoms with E-state index >= 15 is 0 Å². The van der Waals surface area contributed by atoms with Gasteiger partial charge in [0.15, 0.2) is 0 Å². The van der Waals surface area contributed by atoms with Gasteiger partial charge in [0.2, 0.25) is 5.78 Å². The largest absolute Gasteiger partial charge is 0.504 e. The van der Waals surface area contributed by atoms with Crippen LogP contribution in [0.5, 0.6) is 0 Å². The van der Waals surface area contributed by atoms with E-state index in [1.807, 2.05) is 0 Å². The van der Waals surface area contributed by atoms with Crippen LogP contribution in [0.2, 0.25) is 0 Å². The first-order valence-electron chi connectivity index (χ1n) is 2.47. The number of ether oxygens (including phenoxy) is 1. The van der Waals surface area contributed by atoms with Gasteiger partial charge >= 0.3 is 0 Å². The monoisotopic (exact) mass is 124 g/mol. The zero-order valence-electron chi connectivity index (χ0n) is 5.47. The van der Waals surface area contributed by atoms with Crippen molar-refractivity contribution in [1.82, 2.24) is 0 Å². The molecule has 0 spiro atoms. The predicted octanol–water partition coefficient (Wildman–Crippen LogP) is 0.739. The Morgan fingerprint density at radius 1 is 1.67 bits per heavy atom. The third-order valence-electron chi connectivity index (χ3n) is 0.536. The van der Waals surface area contributed by atoms with Gasteiger partial charge in [0, 0.05) is 13.0 Å². The van der Waals surface area contributed by atoms with Crippen molar-refractivity contribution in [2.75, 3.05) is 7.11 Å². The number of hydrogen-bond donors (Lipinski definition) is 0. The Hall–Kier alpha value is -1.23. The molecule has 0 saturated carbocycles. The lowest BCUT2D eigenvalue weighted by Crippen LogP contribution is -1.78. The molecule has 0 heterocycles. The molecule has 2 heteroatoms. The second kappa shape index (κ2) is 4.92. The Labute approximate surface area is 54.5 Å². The first kappa shape index (κ1) is 7.77.